The number of aromatic amines is 1. The van der Waals surface area contributed by atoms with Crippen molar-refractivity contribution in [3.05, 3.63) is 51.1 Å². The van der Waals surface area contributed by atoms with E-state index in [9.17, 15) is 4.79 Å². The fraction of sp³-hybridized carbons (Fsp3) is 0.655. The first-order valence-electron chi connectivity index (χ1n) is 14.5. The lowest BCUT2D eigenvalue weighted by molar-refractivity contribution is 0.0610. The lowest BCUT2D eigenvalue weighted by atomic mass is 9.93. The van der Waals surface area contributed by atoms with E-state index in [2.05, 4.69) is 67.0 Å². The molecule has 1 aliphatic heterocycles. The summed E-state index contributed by atoms with van der Waals surface area (Å²) in [6.45, 7) is 8.14. The van der Waals surface area contributed by atoms with Gasteiger partial charge in [-0.15, -0.1) is 5.10 Å². The van der Waals surface area contributed by atoms with Crippen molar-refractivity contribution in [3.8, 4) is 0 Å². The molecule has 3 fully saturated rings. The summed E-state index contributed by atoms with van der Waals surface area (Å²) in [4.78, 5) is 22.0. The second-order valence-corrected chi connectivity index (χ2v) is 11.6. The van der Waals surface area contributed by atoms with Crippen molar-refractivity contribution in [1.82, 2.24) is 35.0 Å². The Morgan fingerprint density at radius 2 is 1.49 bits per heavy atom. The second kappa shape index (κ2) is 10.7. The maximum atomic E-state index is 13.6. The Kier molecular flexibility index (Phi) is 7.12. The molecule has 0 spiro atoms. The number of nitrogens with zero attached hydrogens (tertiary/aromatic N) is 6. The summed E-state index contributed by atoms with van der Waals surface area (Å²) in [5.74, 6) is 0.826. The van der Waals surface area contributed by atoms with Crippen LogP contribution in [0, 0.1) is 13.8 Å². The lowest BCUT2D eigenvalue weighted by Gasteiger charge is -2.43. The van der Waals surface area contributed by atoms with Crippen LogP contribution in [0.2, 0.25) is 0 Å². The van der Waals surface area contributed by atoms with Crippen molar-refractivity contribution in [1.29, 1.82) is 0 Å². The van der Waals surface area contributed by atoms with Gasteiger partial charge in [0.1, 0.15) is 6.04 Å². The van der Waals surface area contributed by atoms with E-state index in [0.717, 1.165) is 67.4 Å². The third kappa shape index (κ3) is 4.98. The predicted octanol–water partition coefficient (Wildman–Crippen LogP) is 4.68. The smallest absolute Gasteiger partial charge is 0.253 e. The summed E-state index contributed by atoms with van der Waals surface area (Å²) in [7, 11) is 0. The molecule has 2 saturated carbocycles. The number of benzene rings is 1. The maximum Gasteiger partial charge on any atom is 0.253 e. The van der Waals surface area contributed by atoms with Crippen LogP contribution in [0.25, 0.3) is 10.9 Å². The summed E-state index contributed by atoms with van der Waals surface area (Å²) in [5.41, 5.74) is 4.04. The van der Waals surface area contributed by atoms with Gasteiger partial charge in [0.2, 0.25) is 0 Å². The van der Waals surface area contributed by atoms with E-state index >= 15 is 0 Å². The number of nitrogens with one attached hydrogen (secondary N) is 1. The van der Waals surface area contributed by atoms with Gasteiger partial charge in [0, 0.05) is 43.3 Å². The van der Waals surface area contributed by atoms with Gasteiger partial charge in [-0.05, 0) is 84.7 Å². The van der Waals surface area contributed by atoms with Gasteiger partial charge in [-0.2, -0.15) is 0 Å². The van der Waals surface area contributed by atoms with E-state index in [-0.39, 0.29) is 11.6 Å². The van der Waals surface area contributed by atoms with E-state index in [4.69, 9.17) is 0 Å². The quantitative estimate of drug-likeness (QED) is 0.545. The third-order valence-corrected chi connectivity index (χ3v) is 9.27. The monoisotopic (exact) mass is 503 g/mol. The molecular weight excluding hydrogens is 462 g/mol. The zero-order valence-electron chi connectivity index (χ0n) is 22.5. The normalized spacial score (nSPS) is 22.0. The second-order valence-electron chi connectivity index (χ2n) is 11.6. The molecule has 6 rings (SSSR count). The van der Waals surface area contributed by atoms with Crippen LogP contribution in [0.3, 0.4) is 0 Å². The number of fused-ring (bicyclic) bond motifs is 1. The van der Waals surface area contributed by atoms with Gasteiger partial charge in [0.25, 0.3) is 5.56 Å². The van der Waals surface area contributed by atoms with Crippen LogP contribution >= 0.6 is 0 Å². The van der Waals surface area contributed by atoms with Gasteiger partial charge in [-0.25, -0.2) is 4.68 Å². The highest BCUT2D eigenvalue weighted by Crippen LogP contribution is 2.34. The average Bonchev–Trinajstić information content (AvgIpc) is 3.41. The summed E-state index contributed by atoms with van der Waals surface area (Å²) in [6, 6.07) is 7.15. The first-order chi connectivity index (χ1) is 18.1. The van der Waals surface area contributed by atoms with Gasteiger partial charge < -0.3 is 4.98 Å². The Morgan fingerprint density at radius 3 is 2.19 bits per heavy atom. The Hall–Kier alpha value is -2.58. The molecule has 8 nitrogen and oxygen atoms in total. The highest BCUT2D eigenvalue weighted by atomic mass is 16.1. The van der Waals surface area contributed by atoms with Gasteiger partial charge in [0.05, 0.1) is 6.04 Å². The predicted molar refractivity (Wildman–Crippen MR) is 146 cm³/mol. The van der Waals surface area contributed by atoms with Crippen LogP contribution in [0.1, 0.15) is 98.8 Å². The molecule has 8 heteroatoms. The highest BCUT2D eigenvalue weighted by molar-refractivity contribution is 5.81. The number of aryl methyl sites for hydroxylation is 2. The zero-order chi connectivity index (χ0) is 25.4. The van der Waals surface area contributed by atoms with Crippen LogP contribution in [0.15, 0.2) is 23.0 Å². The molecular formula is C29H41N7O. The average molecular weight is 504 g/mol. The van der Waals surface area contributed by atoms with E-state index in [1.54, 1.807) is 0 Å². The molecule has 1 saturated heterocycles. The molecule has 1 atom stereocenters. The summed E-state index contributed by atoms with van der Waals surface area (Å²) in [6.07, 6.45) is 12.7. The Labute approximate surface area is 219 Å². The van der Waals surface area contributed by atoms with Crippen molar-refractivity contribution in [2.75, 3.05) is 26.2 Å². The largest absolute Gasteiger partial charge is 0.322 e. The van der Waals surface area contributed by atoms with E-state index < -0.39 is 0 Å². The van der Waals surface area contributed by atoms with Gasteiger partial charge in [-0.1, -0.05) is 38.5 Å². The van der Waals surface area contributed by atoms with Crippen molar-refractivity contribution < 1.29 is 0 Å². The number of H-pyrrole nitrogens is 1. The number of aromatic nitrogens is 5. The van der Waals surface area contributed by atoms with Crippen molar-refractivity contribution in [2.24, 2.45) is 0 Å². The van der Waals surface area contributed by atoms with Crippen LogP contribution < -0.4 is 5.56 Å². The molecule has 0 amide bonds. The van der Waals surface area contributed by atoms with Crippen LogP contribution in [-0.4, -0.2) is 67.2 Å². The first-order valence-corrected chi connectivity index (χ1v) is 14.5. The van der Waals surface area contributed by atoms with Gasteiger partial charge in [-0.3, -0.25) is 14.6 Å². The lowest BCUT2D eigenvalue weighted by Crippen LogP contribution is -2.52. The molecule has 2 aliphatic carbocycles. The van der Waals surface area contributed by atoms with Crippen molar-refractivity contribution in [2.45, 2.75) is 96.2 Å². The van der Waals surface area contributed by atoms with Crippen LogP contribution in [-0.2, 0) is 0 Å². The molecule has 1 aromatic carbocycles. The molecule has 3 aromatic rings. The molecule has 3 aliphatic rings. The molecule has 2 aromatic heterocycles. The number of hydrogen-bond donors (Lipinski definition) is 1. The third-order valence-electron chi connectivity index (χ3n) is 9.27. The standard InChI is InChI=1S/C29H41N7O/c1-20-17-22-19-25(29(37)30-26(22)18-21(20)2)27(28-31-32-33-36(28)24-11-7-4-8-12-24)35-15-13-34(14-16-35)23-9-5-3-6-10-23/h17-19,23-24,27H,3-16H2,1-2H3,(H,30,37)/t27-/m0/s1. The molecule has 37 heavy (non-hydrogen) atoms. The molecule has 0 bridgehead atoms. The minimum absolute atomic E-state index is 0.0337. The number of pyridine rings is 1. The van der Waals surface area contributed by atoms with Crippen molar-refractivity contribution in [3.63, 3.8) is 0 Å². The topological polar surface area (TPSA) is 82.9 Å². The highest BCUT2D eigenvalue weighted by Gasteiger charge is 2.35. The molecule has 1 N–H and O–H groups in total. The number of tetrazole rings is 1. The summed E-state index contributed by atoms with van der Waals surface area (Å²) < 4.78 is 2.06. The Bertz CT molecular complexity index is 1280. The van der Waals surface area contributed by atoms with Crippen LogP contribution in [0.4, 0.5) is 0 Å². The first kappa shape index (κ1) is 24.7. The Morgan fingerprint density at radius 1 is 0.838 bits per heavy atom. The molecule has 3 heterocycles. The fourth-order valence-corrected chi connectivity index (χ4v) is 6.97. The van der Waals surface area contributed by atoms with E-state index in [1.165, 1.54) is 62.5 Å². The Balaban J connectivity index is 1.37. The molecule has 198 valence electrons. The summed E-state index contributed by atoms with van der Waals surface area (Å²) in [5, 5.41) is 14.3. The van der Waals surface area contributed by atoms with Gasteiger partial charge >= 0.3 is 0 Å². The zero-order valence-corrected chi connectivity index (χ0v) is 22.5. The van der Waals surface area contributed by atoms with Crippen LogP contribution in [0.5, 0.6) is 0 Å². The van der Waals surface area contributed by atoms with Crippen molar-refractivity contribution >= 4 is 10.9 Å². The number of hydrogen-bond acceptors (Lipinski definition) is 6. The van der Waals surface area contributed by atoms with Gasteiger partial charge in [0.15, 0.2) is 5.82 Å². The van der Waals surface area contributed by atoms with E-state index in [0.29, 0.717) is 6.04 Å². The molecule has 0 unspecified atom stereocenters. The number of piperazine rings is 1. The summed E-state index contributed by atoms with van der Waals surface area (Å²) >= 11 is 0. The minimum Gasteiger partial charge on any atom is -0.322 e. The minimum atomic E-state index is -0.250. The number of rotatable bonds is 5. The van der Waals surface area contributed by atoms with E-state index in [1.807, 2.05) is 0 Å². The fourth-order valence-electron chi connectivity index (χ4n) is 6.97. The maximum absolute atomic E-state index is 13.6. The SMILES string of the molecule is Cc1cc2cc([C@@H](c3nnnn3C3CCCCC3)N3CCN(C4CCCCC4)CC3)c(=O)[nH]c2cc1C. The molecule has 0 radical (unpaired) electrons.